The van der Waals surface area contributed by atoms with Crippen LogP contribution in [0, 0.1) is 0 Å². The van der Waals surface area contributed by atoms with Gasteiger partial charge in [-0.2, -0.15) is 0 Å². The fraction of sp³-hybridized carbons (Fsp3) is 0.429. The third-order valence-corrected chi connectivity index (χ3v) is 2.91. The van der Waals surface area contributed by atoms with Crippen LogP contribution in [0.25, 0.3) is 0 Å². The third kappa shape index (κ3) is 5.30. The molecule has 0 radical (unpaired) electrons. The predicted octanol–water partition coefficient (Wildman–Crippen LogP) is 2.61. The van der Waals surface area contributed by atoms with E-state index >= 15 is 0 Å². The second-order valence-electron chi connectivity index (χ2n) is 4.25. The molecule has 0 spiro atoms. The molecule has 0 aromatic heterocycles. The Kier molecular flexibility index (Phi) is 6.36. The lowest BCUT2D eigenvalue weighted by atomic mass is 10.2. The van der Waals surface area contributed by atoms with Crippen LogP contribution in [0.1, 0.15) is 26.7 Å². The Balaban J connectivity index is 2.57. The van der Waals surface area contributed by atoms with E-state index in [1.54, 1.807) is 29.2 Å². The molecule has 1 N–H and O–H groups in total. The van der Waals surface area contributed by atoms with E-state index in [1.807, 2.05) is 6.92 Å². The molecule has 1 aromatic rings. The fourth-order valence-corrected chi connectivity index (χ4v) is 1.84. The first-order valence-electron chi connectivity index (χ1n) is 6.35. The van der Waals surface area contributed by atoms with Crippen LogP contribution in [0.3, 0.4) is 0 Å². The van der Waals surface area contributed by atoms with Crippen LogP contribution >= 0.6 is 11.6 Å². The average Bonchev–Trinajstić information content (AvgIpc) is 2.36. The van der Waals surface area contributed by atoms with E-state index in [9.17, 15) is 9.59 Å². The topological polar surface area (TPSA) is 49.4 Å². The quantitative estimate of drug-likeness (QED) is 0.872. The zero-order valence-corrected chi connectivity index (χ0v) is 12.0. The number of carbonyl (C=O) groups excluding carboxylic acids is 2. The average molecular weight is 283 g/mol. The first-order valence-corrected chi connectivity index (χ1v) is 6.72. The number of halogens is 1. The van der Waals surface area contributed by atoms with E-state index in [0.29, 0.717) is 24.5 Å². The molecule has 0 saturated heterocycles. The van der Waals surface area contributed by atoms with E-state index in [2.05, 4.69) is 5.32 Å². The predicted molar refractivity (Wildman–Crippen MR) is 77.4 cm³/mol. The van der Waals surface area contributed by atoms with Crippen LogP contribution in [-0.2, 0) is 9.59 Å². The maximum absolute atomic E-state index is 11.6. The van der Waals surface area contributed by atoms with Crippen LogP contribution in [0.5, 0.6) is 0 Å². The second kappa shape index (κ2) is 7.79. The molecule has 4 nitrogen and oxygen atoms in total. The number of anilines is 1. The van der Waals surface area contributed by atoms with E-state index in [-0.39, 0.29) is 11.8 Å². The van der Waals surface area contributed by atoms with Gasteiger partial charge in [-0.3, -0.25) is 9.59 Å². The number of hydrogen-bond donors (Lipinski definition) is 1. The van der Waals surface area contributed by atoms with Crippen LogP contribution in [0.2, 0.25) is 5.02 Å². The zero-order valence-electron chi connectivity index (χ0n) is 11.3. The van der Waals surface area contributed by atoms with Gasteiger partial charge in [0.2, 0.25) is 11.8 Å². The van der Waals surface area contributed by atoms with E-state index in [4.69, 9.17) is 11.6 Å². The van der Waals surface area contributed by atoms with Crippen molar-refractivity contribution in [3.05, 3.63) is 29.3 Å². The van der Waals surface area contributed by atoms with E-state index in [0.717, 1.165) is 12.1 Å². The SMILES string of the molecule is CCCC(=O)NCCN(C(C)=O)c1ccc(Cl)cc1. The number of amides is 2. The summed E-state index contributed by atoms with van der Waals surface area (Å²) in [6, 6.07) is 7.06. The zero-order chi connectivity index (χ0) is 14.3. The minimum Gasteiger partial charge on any atom is -0.354 e. The number of nitrogens with zero attached hydrogens (tertiary/aromatic N) is 1. The minimum absolute atomic E-state index is 0.0158. The molecule has 0 heterocycles. The second-order valence-corrected chi connectivity index (χ2v) is 4.68. The molecule has 0 saturated carbocycles. The van der Waals surface area contributed by atoms with Gasteiger partial charge >= 0.3 is 0 Å². The van der Waals surface area contributed by atoms with Gasteiger partial charge in [0.1, 0.15) is 0 Å². The Morgan fingerprint density at radius 3 is 2.42 bits per heavy atom. The number of rotatable bonds is 6. The molecule has 0 atom stereocenters. The van der Waals surface area contributed by atoms with Crippen molar-refractivity contribution in [2.75, 3.05) is 18.0 Å². The third-order valence-electron chi connectivity index (χ3n) is 2.65. The molecule has 0 aliphatic carbocycles. The molecule has 5 heteroatoms. The number of benzene rings is 1. The van der Waals surface area contributed by atoms with Gasteiger partial charge in [-0.15, -0.1) is 0 Å². The molecule has 0 aliphatic rings. The Labute approximate surface area is 118 Å². The smallest absolute Gasteiger partial charge is 0.223 e. The van der Waals surface area contributed by atoms with Crippen LogP contribution in [0.15, 0.2) is 24.3 Å². The van der Waals surface area contributed by atoms with Gasteiger partial charge < -0.3 is 10.2 Å². The summed E-state index contributed by atoms with van der Waals surface area (Å²) in [7, 11) is 0. The van der Waals surface area contributed by atoms with Crippen molar-refractivity contribution in [1.82, 2.24) is 5.32 Å². The minimum atomic E-state index is -0.0629. The highest BCUT2D eigenvalue weighted by atomic mass is 35.5. The van der Waals surface area contributed by atoms with Crippen molar-refractivity contribution in [1.29, 1.82) is 0 Å². The van der Waals surface area contributed by atoms with E-state index in [1.165, 1.54) is 6.92 Å². The van der Waals surface area contributed by atoms with Crippen molar-refractivity contribution in [3.8, 4) is 0 Å². The first kappa shape index (κ1) is 15.5. The van der Waals surface area contributed by atoms with Crippen molar-refractivity contribution in [2.24, 2.45) is 0 Å². The summed E-state index contributed by atoms with van der Waals surface area (Å²) in [5.74, 6) is -0.0471. The van der Waals surface area contributed by atoms with Gasteiger partial charge in [0.25, 0.3) is 0 Å². The molecular formula is C14H19ClN2O2. The van der Waals surface area contributed by atoms with Gasteiger partial charge in [0.05, 0.1) is 0 Å². The van der Waals surface area contributed by atoms with Crippen molar-refractivity contribution in [2.45, 2.75) is 26.7 Å². The molecule has 0 unspecified atom stereocenters. The standard InChI is InChI=1S/C14H19ClN2O2/c1-3-4-14(19)16-9-10-17(11(2)18)13-7-5-12(15)6-8-13/h5-8H,3-4,9-10H2,1-2H3,(H,16,19). The number of carbonyl (C=O) groups is 2. The van der Waals surface area contributed by atoms with E-state index < -0.39 is 0 Å². The lowest BCUT2D eigenvalue weighted by molar-refractivity contribution is -0.121. The largest absolute Gasteiger partial charge is 0.354 e. The molecule has 0 bridgehead atoms. The van der Waals surface area contributed by atoms with Gasteiger partial charge in [-0.25, -0.2) is 0 Å². The summed E-state index contributed by atoms with van der Waals surface area (Å²) in [4.78, 5) is 24.6. The summed E-state index contributed by atoms with van der Waals surface area (Å²) in [5, 5.41) is 3.42. The monoisotopic (exact) mass is 282 g/mol. The maximum atomic E-state index is 11.6. The summed E-state index contributed by atoms with van der Waals surface area (Å²) < 4.78 is 0. The highest BCUT2D eigenvalue weighted by molar-refractivity contribution is 6.30. The first-order chi connectivity index (χ1) is 9.04. The van der Waals surface area contributed by atoms with Crippen molar-refractivity contribution >= 4 is 29.1 Å². The molecular weight excluding hydrogens is 264 g/mol. The summed E-state index contributed by atoms with van der Waals surface area (Å²) in [6.07, 6.45) is 1.33. The lowest BCUT2D eigenvalue weighted by Gasteiger charge is -2.21. The summed E-state index contributed by atoms with van der Waals surface area (Å²) in [5.41, 5.74) is 0.779. The highest BCUT2D eigenvalue weighted by Crippen LogP contribution is 2.17. The number of hydrogen-bond acceptors (Lipinski definition) is 2. The Morgan fingerprint density at radius 1 is 1.26 bits per heavy atom. The molecule has 1 rings (SSSR count). The molecule has 1 aromatic carbocycles. The van der Waals surface area contributed by atoms with Crippen molar-refractivity contribution < 1.29 is 9.59 Å². The molecule has 104 valence electrons. The van der Waals surface area contributed by atoms with Crippen LogP contribution in [0.4, 0.5) is 5.69 Å². The molecule has 0 aliphatic heterocycles. The van der Waals surface area contributed by atoms with Gasteiger partial charge in [0.15, 0.2) is 0 Å². The fourth-order valence-electron chi connectivity index (χ4n) is 1.71. The Morgan fingerprint density at radius 2 is 1.89 bits per heavy atom. The molecule has 2 amide bonds. The Bertz CT molecular complexity index is 432. The van der Waals surface area contributed by atoms with Gasteiger partial charge in [0, 0.05) is 37.1 Å². The normalized spacial score (nSPS) is 10.1. The summed E-state index contributed by atoms with van der Waals surface area (Å²) in [6.45, 7) is 4.35. The van der Waals surface area contributed by atoms with Gasteiger partial charge in [-0.1, -0.05) is 18.5 Å². The summed E-state index contributed by atoms with van der Waals surface area (Å²) >= 11 is 5.82. The maximum Gasteiger partial charge on any atom is 0.223 e. The highest BCUT2D eigenvalue weighted by Gasteiger charge is 2.11. The lowest BCUT2D eigenvalue weighted by Crippen LogP contribution is -2.37. The van der Waals surface area contributed by atoms with Crippen LogP contribution < -0.4 is 10.2 Å². The Hall–Kier alpha value is -1.55. The molecule has 19 heavy (non-hydrogen) atoms. The van der Waals surface area contributed by atoms with Crippen LogP contribution in [-0.4, -0.2) is 24.9 Å². The number of nitrogens with one attached hydrogen (secondary N) is 1. The molecule has 0 fully saturated rings. The van der Waals surface area contributed by atoms with Crippen molar-refractivity contribution in [3.63, 3.8) is 0 Å². The van der Waals surface area contributed by atoms with Gasteiger partial charge in [-0.05, 0) is 30.7 Å².